The van der Waals surface area contributed by atoms with Gasteiger partial charge in [0.1, 0.15) is 0 Å². The maximum atomic E-state index is 12.1. The van der Waals surface area contributed by atoms with Gasteiger partial charge in [0, 0.05) is 18.7 Å². The Kier molecular flexibility index (Phi) is 6.21. The topological polar surface area (TPSA) is 58.4 Å². The van der Waals surface area contributed by atoms with Gasteiger partial charge in [-0.05, 0) is 62.5 Å². The highest BCUT2D eigenvalue weighted by Crippen LogP contribution is 2.15. The zero-order chi connectivity index (χ0) is 15.1. The van der Waals surface area contributed by atoms with Gasteiger partial charge in [-0.15, -0.1) is 0 Å². The average molecular weight is 289 g/mol. The summed E-state index contributed by atoms with van der Waals surface area (Å²) in [6.45, 7) is 6.90. The van der Waals surface area contributed by atoms with Crippen LogP contribution in [0.25, 0.3) is 0 Å². The predicted octanol–water partition coefficient (Wildman–Crippen LogP) is 1.65. The molecule has 4 nitrogen and oxygen atoms in total. The van der Waals surface area contributed by atoms with Crippen LogP contribution in [0.3, 0.4) is 0 Å². The lowest BCUT2D eigenvalue weighted by atomic mass is 9.99. The van der Waals surface area contributed by atoms with Crippen molar-refractivity contribution in [2.45, 2.75) is 26.2 Å². The summed E-state index contributed by atoms with van der Waals surface area (Å²) in [6, 6.07) is 7.73. The van der Waals surface area contributed by atoms with E-state index in [0.29, 0.717) is 13.1 Å². The van der Waals surface area contributed by atoms with Crippen LogP contribution in [0.5, 0.6) is 0 Å². The third-order valence-corrected chi connectivity index (χ3v) is 4.21. The Bertz CT molecular complexity index is 453. The van der Waals surface area contributed by atoms with Crippen LogP contribution in [0, 0.1) is 5.92 Å². The molecular formula is C17H27N3O. The molecule has 0 spiro atoms. The Morgan fingerprint density at radius 1 is 1.38 bits per heavy atom. The first-order valence-corrected chi connectivity index (χ1v) is 7.98. The molecule has 1 aromatic carbocycles. The third-order valence-electron chi connectivity index (χ3n) is 4.21. The Morgan fingerprint density at radius 3 is 2.86 bits per heavy atom. The first-order valence-electron chi connectivity index (χ1n) is 7.98. The number of nitrogens with one attached hydrogen (secondary N) is 1. The van der Waals surface area contributed by atoms with E-state index < -0.39 is 0 Å². The van der Waals surface area contributed by atoms with Crippen molar-refractivity contribution in [2.75, 3.05) is 32.7 Å². The summed E-state index contributed by atoms with van der Waals surface area (Å²) in [5, 5.41) is 3.01. The molecule has 1 saturated heterocycles. The van der Waals surface area contributed by atoms with Crippen molar-refractivity contribution in [1.82, 2.24) is 10.2 Å². The molecule has 3 N–H and O–H groups in total. The Labute approximate surface area is 127 Å². The highest BCUT2D eigenvalue weighted by atomic mass is 16.1. The van der Waals surface area contributed by atoms with Crippen molar-refractivity contribution in [2.24, 2.45) is 11.7 Å². The number of nitrogens with zero attached hydrogens (tertiary/aromatic N) is 1. The first-order chi connectivity index (χ1) is 10.2. The van der Waals surface area contributed by atoms with E-state index in [9.17, 15) is 4.79 Å². The number of nitrogens with two attached hydrogens (primary N) is 1. The van der Waals surface area contributed by atoms with Crippen molar-refractivity contribution in [1.29, 1.82) is 0 Å². The van der Waals surface area contributed by atoms with Crippen LogP contribution in [0.15, 0.2) is 24.3 Å². The van der Waals surface area contributed by atoms with E-state index in [1.807, 2.05) is 24.3 Å². The number of hydrogen-bond donors (Lipinski definition) is 2. The number of amides is 1. The van der Waals surface area contributed by atoms with Crippen molar-refractivity contribution >= 4 is 5.91 Å². The highest BCUT2D eigenvalue weighted by Gasteiger charge is 2.15. The summed E-state index contributed by atoms with van der Waals surface area (Å²) in [4.78, 5) is 14.6. The molecule has 1 heterocycles. The molecule has 0 atom stereocenters. The van der Waals surface area contributed by atoms with Crippen LogP contribution >= 0.6 is 0 Å². The van der Waals surface area contributed by atoms with Gasteiger partial charge in [-0.25, -0.2) is 0 Å². The van der Waals surface area contributed by atoms with Crippen molar-refractivity contribution in [3.63, 3.8) is 0 Å². The quantitative estimate of drug-likeness (QED) is 0.837. The second-order valence-corrected chi connectivity index (χ2v) is 6.02. The minimum atomic E-state index is 0.0132. The van der Waals surface area contributed by atoms with E-state index in [1.54, 1.807) is 0 Å². The molecule has 0 unspecified atom stereocenters. The molecule has 0 aromatic heterocycles. The fraction of sp³-hybridized carbons (Fsp3) is 0.588. The lowest BCUT2D eigenvalue weighted by Crippen LogP contribution is -2.39. The van der Waals surface area contributed by atoms with Gasteiger partial charge in [0.2, 0.25) is 0 Å². The molecule has 0 aliphatic carbocycles. The fourth-order valence-electron chi connectivity index (χ4n) is 2.75. The van der Waals surface area contributed by atoms with E-state index in [4.69, 9.17) is 5.73 Å². The van der Waals surface area contributed by atoms with Gasteiger partial charge in [-0.3, -0.25) is 4.79 Å². The van der Waals surface area contributed by atoms with Crippen molar-refractivity contribution in [3.05, 3.63) is 35.4 Å². The normalized spacial score (nSPS) is 16.9. The minimum Gasteiger partial charge on any atom is -0.351 e. The van der Waals surface area contributed by atoms with Gasteiger partial charge in [-0.1, -0.05) is 19.1 Å². The Hall–Kier alpha value is -1.39. The van der Waals surface area contributed by atoms with Crippen LogP contribution in [0.1, 0.15) is 35.7 Å². The molecule has 1 aromatic rings. The van der Waals surface area contributed by atoms with Crippen LogP contribution in [-0.4, -0.2) is 43.5 Å². The number of benzene rings is 1. The van der Waals surface area contributed by atoms with E-state index in [2.05, 4.69) is 17.1 Å². The van der Waals surface area contributed by atoms with E-state index >= 15 is 0 Å². The van der Waals surface area contributed by atoms with Gasteiger partial charge in [0.15, 0.2) is 0 Å². The standard InChI is InChI=1S/C17H27N3O/c1-14-6-10-20(11-7-14)12-9-19-17(21)16-4-2-3-15(13-16)5-8-18/h2-4,13-14H,5-12,18H2,1H3,(H,19,21). The predicted molar refractivity (Wildman–Crippen MR) is 86.4 cm³/mol. The van der Waals surface area contributed by atoms with Crippen LogP contribution in [0.4, 0.5) is 0 Å². The molecule has 1 aliphatic rings. The van der Waals surface area contributed by atoms with Gasteiger partial charge >= 0.3 is 0 Å². The Balaban J connectivity index is 1.75. The monoisotopic (exact) mass is 289 g/mol. The van der Waals surface area contributed by atoms with Gasteiger partial charge in [0.05, 0.1) is 0 Å². The maximum absolute atomic E-state index is 12.1. The van der Waals surface area contributed by atoms with Gasteiger partial charge < -0.3 is 16.0 Å². The second-order valence-electron chi connectivity index (χ2n) is 6.02. The molecule has 1 fully saturated rings. The number of carbonyl (C=O) groups excluding carboxylic acids is 1. The molecule has 0 bridgehead atoms. The molecule has 2 rings (SSSR count). The zero-order valence-electron chi connectivity index (χ0n) is 13.0. The average Bonchev–Trinajstić information content (AvgIpc) is 2.50. The molecular weight excluding hydrogens is 262 g/mol. The minimum absolute atomic E-state index is 0.0132. The zero-order valence-corrected chi connectivity index (χ0v) is 13.0. The number of hydrogen-bond acceptors (Lipinski definition) is 3. The largest absolute Gasteiger partial charge is 0.351 e. The van der Waals surface area contributed by atoms with Crippen molar-refractivity contribution < 1.29 is 4.79 Å². The van der Waals surface area contributed by atoms with E-state index in [1.165, 1.54) is 12.8 Å². The molecule has 0 radical (unpaired) electrons. The van der Waals surface area contributed by atoms with E-state index in [-0.39, 0.29) is 5.91 Å². The third kappa shape index (κ3) is 5.14. The first kappa shape index (κ1) is 16.0. The summed E-state index contributed by atoms with van der Waals surface area (Å²) in [5.74, 6) is 0.861. The molecule has 4 heteroatoms. The van der Waals surface area contributed by atoms with Crippen molar-refractivity contribution in [3.8, 4) is 0 Å². The second kappa shape index (κ2) is 8.15. The van der Waals surface area contributed by atoms with Crippen LogP contribution in [0.2, 0.25) is 0 Å². The Morgan fingerprint density at radius 2 is 2.14 bits per heavy atom. The fourth-order valence-corrected chi connectivity index (χ4v) is 2.75. The molecule has 116 valence electrons. The number of piperidine rings is 1. The summed E-state index contributed by atoms with van der Waals surface area (Å²) in [6.07, 6.45) is 3.36. The maximum Gasteiger partial charge on any atom is 0.251 e. The number of carbonyl (C=O) groups is 1. The van der Waals surface area contributed by atoms with E-state index in [0.717, 1.165) is 43.1 Å². The summed E-state index contributed by atoms with van der Waals surface area (Å²) in [5.41, 5.74) is 7.40. The SMILES string of the molecule is CC1CCN(CCNC(=O)c2cccc(CCN)c2)CC1. The lowest BCUT2D eigenvalue weighted by Gasteiger charge is -2.30. The van der Waals surface area contributed by atoms with Crippen LogP contribution in [-0.2, 0) is 6.42 Å². The smallest absolute Gasteiger partial charge is 0.251 e. The number of likely N-dealkylation sites (tertiary alicyclic amines) is 1. The summed E-state index contributed by atoms with van der Waals surface area (Å²) < 4.78 is 0. The summed E-state index contributed by atoms with van der Waals surface area (Å²) in [7, 11) is 0. The molecule has 1 aliphatic heterocycles. The van der Waals surface area contributed by atoms with Crippen LogP contribution < -0.4 is 11.1 Å². The molecule has 0 saturated carbocycles. The lowest BCUT2D eigenvalue weighted by molar-refractivity contribution is 0.0944. The molecule has 1 amide bonds. The van der Waals surface area contributed by atoms with Gasteiger partial charge in [-0.2, -0.15) is 0 Å². The summed E-state index contributed by atoms with van der Waals surface area (Å²) >= 11 is 0. The highest BCUT2D eigenvalue weighted by molar-refractivity contribution is 5.94. The molecule has 21 heavy (non-hydrogen) atoms. The number of rotatable bonds is 6. The van der Waals surface area contributed by atoms with Gasteiger partial charge in [0.25, 0.3) is 5.91 Å².